The van der Waals surface area contributed by atoms with Crippen LogP contribution in [0.5, 0.6) is 0 Å². The van der Waals surface area contributed by atoms with E-state index in [1.807, 2.05) is 6.92 Å². The monoisotopic (exact) mass is 516 g/mol. The minimum atomic E-state index is -1.19. The molecule has 0 bridgehead atoms. The number of aliphatic carboxylic acids is 1. The Labute approximate surface area is 220 Å². The first kappa shape index (κ1) is 27.8. The van der Waals surface area contributed by atoms with Gasteiger partial charge in [0.15, 0.2) is 12.4 Å². The van der Waals surface area contributed by atoms with E-state index in [1.165, 1.54) is 5.57 Å². The highest BCUT2D eigenvalue weighted by Gasteiger charge is 2.65. The van der Waals surface area contributed by atoms with Crippen LogP contribution in [0.2, 0.25) is 0 Å². The molecular weight excluding hydrogens is 472 g/mol. The van der Waals surface area contributed by atoms with Crippen molar-refractivity contribution < 1.29 is 29.4 Å². The molecule has 0 aliphatic heterocycles. The summed E-state index contributed by atoms with van der Waals surface area (Å²) in [5.74, 6) is -0.376. The molecule has 1 amide bonds. The number of aliphatic hydroxyl groups is 1. The van der Waals surface area contributed by atoms with E-state index < -0.39 is 23.5 Å². The molecule has 3 N–H and O–H groups in total. The van der Waals surface area contributed by atoms with Crippen LogP contribution in [-0.2, 0) is 19.2 Å². The molecule has 0 unspecified atom stereocenters. The second-order valence-corrected chi connectivity index (χ2v) is 12.5. The lowest BCUT2D eigenvalue weighted by Crippen LogP contribution is -2.57. The third-order valence-corrected chi connectivity index (χ3v) is 10.9. The molecule has 37 heavy (non-hydrogen) atoms. The van der Waals surface area contributed by atoms with Gasteiger partial charge in [-0.2, -0.15) is 0 Å². The number of carbonyl (C=O) groups is 3. The first-order chi connectivity index (χ1) is 17.4. The van der Waals surface area contributed by atoms with Crippen LogP contribution in [0, 0.1) is 34.5 Å². The van der Waals surface area contributed by atoms with Gasteiger partial charge in [-0.25, -0.2) is 4.79 Å². The van der Waals surface area contributed by atoms with Crippen LogP contribution >= 0.6 is 0 Å². The summed E-state index contributed by atoms with van der Waals surface area (Å²) in [4.78, 5) is 41.5. The fourth-order valence-corrected chi connectivity index (χ4v) is 8.31. The third-order valence-electron chi connectivity index (χ3n) is 10.9. The Hall–Kier alpha value is -2.22. The summed E-state index contributed by atoms with van der Waals surface area (Å²) in [5, 5.41) is 27.5. The highest BCUT2D eigenvalue weighted by atomic mass is 16.6. The number of carboxylic acids is 1. The molecule has 0 heterocycles. The smallest absolute Gasteiger partial charge is 0.326 e. The molecule has 0 aromatic heterocycles. The lowest BCUT2D eigenvalue weighted by atomic mass is 9.46. The number of nitrogens with one attached hydrogen (secondary N) is 1. The van der Waals surface area contributed by atoms with Crippen LogP contribution in [0.1, 0.15) is 92.4 Å². The van der Waals surface area contributed by atoms with Crippen LogP contribution in [0.25, 0.3) is 0 Å². The van der Waals surface area contributed by atoms with Crippen molar-refractivity contribution in [2.75, 3.05) is 6.61 Å². The van der Waals surface area contributed by atoms with Crippen molar-refractivity contribution in [3.05, 3.63) is 11.6 Å². The Balaban J connectivity index is 1.41. The minimum absolute atomic E-state index is 0.0720. The maximum Gasteiger partial charge on any atom is 0.326 e. The van der Waals surface area contributed by atoms with Gasteiger partial charge in [0.1, 0.15) is 11.6 Å². The number of hydrogen-bond donors (Lipinski definition) is 3. The van der Waals surface area contributed by atoms with Crippen molar-refractivity contribution in [2.45, 2.75) is 104 Å². The van der Waals surface area contributed by atoms with E-state index >= 15 is 0 Å². The molecular formula is C29H44N2O6. The van der Waals surface area contributed by atoms with E-state index in [0.29, 0.717) is 30.6 Å². The molecule has 8 nitrogen and oxygen atoms in total. The van der Waals surface area contributed by atoms with Gasteiger partial charge in [-0.3, -0.25) is 9.59 Å². The number of Topliss-reactive ketones (excluding diaryl/α,β-unsaturated/α-hetero) is 1. The number of ketones is 1. The van der Waals surface area contributed by atoms with E-state index in [9.17, 15) is 24.6 Å². The minimum Gasteiger partial charge on any atom is -0.480 e. The van der Waals surface area contributed by atoms with E-state index in [0.717, 1.165) is 50.7 Å². The highest BCUT2D eigenvalue weighted by Crippen LogP contribution is 2.67. The SMILES string of the molecule is CC[C@@H](C)[C@H](NC(=O)CO/N=C1/C=C2CC[C@@H]3[C@H](CC[C@@]4(C)[C@H]3CC[C@]4(O)C(C)=O)[C@@]2(C)CC1)C(=O)O. The first-order valence-electron chi connectivity index (χ1n) is 14.0. The standard InChI is InChI=1S/C29H44N2O6/c1-6-17(2)25(26(34)35)30-24(33)16-37-31-20-9-12-27(4)19(15-20)7-8-21-22(27)10-13-28(5)23(21)11-14-29(28,36)18(3)32/h15,17,21-23,25,36H,6-14,16H2,1-5H3,(H,30,33)(H,34,35)/b31-20+/t17-,21-,22+,23+,25+,27+,28+,29+/m1/s1. The van der Waals surface area contributed by atoms with Crippen molar-refractivity contribution in [2.24, 2.45) is 39.7 Å². The topological polar surface area (TPSA) is 125 Å². The van der Waals surface area contributed by atoms with Crippen molar-refractivity contribution in [3.63, 3.8) is 0 Å². The molecule has 0 saturated heterocycles. The van der Waals surface area contributed by atoms with Crippen molar-refractivity contribution >= 4 is 23.4 Å². The van der Waals surface area contributed by atoms with Gasteiger partial charge in [-0.1, -0.05) is 44.8 Å². The average molecular weight is 517 g/mol. The summed E-state index contributed by atoms with van der Waals surface area (Å²) in [6.07, 6.45) is 9.94. The lowest BCUT2D eigenvalue weighted by molar-refractivity contribution is -0.159. The van der Waals surface area contributed by atoms with E-state index in [-0.39, 0.29) is 29.1 Å². The summed E-state index contributed by atoms with van der Waals surface area (Å²) in [7, 11) is 0. The van der Waals surface area contributed by atoms with Crippen LogP contribution < -0.4 is 5.32 Å². The number of carbonyl (C=O) groups excluding carboxylic acids is 2. The Morgan fingerprint density at radius 1 is 1.14 bits per heavy atom. The fourth-order valence-electron chi connectivity index (χ4n) is 8.31. The van der Waals surface area contributed by atoms with Gasteiger partial charge in [0.05, 0.1) is 5.71 Å². The Bertz CT molecular complexity index is 1010. The summed E-state index contributed by atoms with van der Waals surface area (Å²) in [5.41, 5.74) is 0.764. The van der Waals surface area contributed by atoms with Crippen LogP contribution in [0.3, 0.4) is 0 Å². The van der Waals surface area contributed by atoms with Gasteiger partial charge in [0, 0.05) is 5.41 Å². The second kappa shape index (κ2) is 10.2. The molecule has 0 spiro atoms. The van der Waals surface area contributed by atoms with Crippen molar-refractivity contribution in [1.82, 2.24) is 5.32 Å². The zero-order valence-corrected chi connectivity index (χ0v) is 23.0. The summed E-state index contributed by atoms with van der Waals surface area (Å²) < 4.78 is 0. The summed E-state index contributed by atoms with van der Waals surface area (Å²) in [6, 6.07) is -0.940. The molecule has 3 fully saturated rings. The Morgan fingerprint density at radius 3 is 2.49 bits per heavy atom. The maximum absolute atomic E-state index is 12.4. The lowest BCUT2D eigenvalue weighted by Gasteiger charge is -2.59. The number of oxime groups is 1. The molecule has 8 atom stereocenters. The fraction of sp³-hybridized carbons (Fsp3) is 0.793. The van der Waals surface area contributed by atoms with Crippen LogP contribution in [-0.4, -0.2) is 51.8 Å². The van der Waals surface area contributed by atoms with Crippen molar-refractivity contribution in [3.8, 4) is 0 Å². The van der Waals surface area contributed by atoms with E-state index in [4.69, 9.17) is 4.84 Å². The molecule has 4 aliphatic carbocycles. The predicted octanol–water partition coefficient (Wildman–Crippen LogP) is 4.26. The largest absolute Gasteiger partial charge is 0.480 e. The van der Waals surface area contributed by atoms with Crippen LogP contribution in [0.4, 0.5) is 0 Å². The van der Waals surface area contributed by atoms with Crippen LogP contribution in [0.15, 0.2) is 16.8 Å². The molecule has 3 saturated carbocycles. The Kier molecular flexibility index (Phi) is 7.63. The zero-order valence-electron chi connectivity index (χ0n) is 23.0. The van der Waals surface area contributed by atoms with Crippen molar-refractivity contribution in [1.29, 1.82) is 0 Å². The number of fused-ring (bicyclic) bond motifs is 5. The summed E-state index contributed by atoms with van der Waals surface area (Å²) >= 11 is 0. The average Bonchev–Trinajstić information content (AvgIpc) is 3.14. The molecule has 206 valence electrons. The Morgan fingerprint density at radius 2 is 1.84 bits per heavy atom. The maximum atomic E-state index is 12.4. The van der Waals surface area contributed by atoms with Gasteiger partial charge >= 0.3 is 5.97 Å². The number of hydrogen-bond acceptors (Lipinski definition) is 6. The predicted molar refractivity (Wildman–Crippen MR) is 140 cm³/mol. The number of rotatable bonds is 8. The number of nitrogens with zero attached hydrogens (tertiary/aromatic N) is 1. The first-order valence-corrected chi connectivity index (χ1v) is 14.0. The number of allylic oxidation sites excluding steroid dienone is 2. The van der Waals surface area contributed by atoms with Gasteiger partial charge < -0.3 is 20.4 Å². The normalized spacial score (nSPS) is 39.5. The molecule has 0 aromatic carbocycles. The molecule has 8 heteroatoms. The van der Waals surface area contributed by atoms with Gasteiger partial charge in [-0.15, -0.1) is 0 Å². The highest BCUT2D eigenvalue weighted by molar-refractivity contribution is 5.96. The second-order valence-electron chi connectivity index (χ2n) is 12.5. The quantitative estimate of drug-likeness (QED) is 0.414. The van der Waals surface area contributed by atoms with Gasteiger partial charge in [0.25, 0.3) is 5.91 Å². The third kappa shape index (κ3) is 4.64. The van der Waals surface area contributed by atoms with Gasteiger partial charge in [-0.05, 0) is 93.5 Å². The zero-order chi connectivity index (χ0) is 27.2. The molecule has 4 rings (SSSR count). The molecule has 4 aliphatic rings. The van der Waals surface area contributed by atoms with E-state index in [1.54, 1.807) is 13.8 Å². The summed E-state index contributed by atoms with van der Waals surface area (Å²) in [6.45, 7) is 9.44. The number of amides is 1. The van der Waals surface area contributed by atoms with E-state index in [2.05, 4.69) is 30.4 Å². The number of carboxylic acid groups (broad SMARTS) is 1. The molecule has 0 aromatic rings. The van der Waals surface area contributed by atoms with Gasteiger partial charge in [0.2, 0.25) is 0 Å². The molecule has 0 radical (unpaired) electrons.